The van der Waals surface area contributed by atoms with Crippen molar-refractivity contribution in [3.05, 3.63) is 19.0 Å². The van der Waals surface area contributed by atoms with Crippen LogP contribution in [0.5, 0.6) is 17.6 Å². The van der Waals surface area contributed by atoms with Crippen LogP contribution in [0.25, 0.3) is 33.5 Å². The lowest BCUT2D eigenvalue weighted by Gasteiger charge is -2.30. The second-order valence-electron chi connectivity index (χ2n) is 27.3. The molecule has 0 aromatic carbocycles. The lowest BCUT2D eigenvalue weighted by Crippen LogP contribution is -2.46. The highest BCUT2D eigenvalue weighted by Crippen LogP contribution is 2.59. The number of alkyl halides is 6. The first-order valence-corrected chi connectivity index (χ1v) is 39.8. The Bertz CT molecular complexity index is 4520. The third kappa shape index (κ3) is 24.3. The Kier molecular flexibility index (Phi) is 32.3. The summed E-state index contributed by atoms with van der Waals surface area (Å²) in [6, 6.07) is 0. The summed E-state index contributed by atoms with van der Waals surface area (Å²) < 4.78 is 256. The third-order valence-corrected chi connectivity index (χ3v) is 19.4. The number of rotatable bonds is 42. The molecule has 0 amide bonds. The van der Waals surface area contributed by atoms with Crippen molar-refractivity contribution in [2.75, 3.05) is 109 Å². The van der Waals surface area contributed by atoms with Gasteiger partial charge in [0, 0.05) is 29.0 Å². The molecule has 8 N–H and O–H groups in total. The summed E-state index contributed by atoms with van der Waals surface area (Å²) in [5, 5.41) is 34.5. The fraction of sp³-hybridized carbons (Fsp3) is 0.716. The largest absolute Gasteiger partial charge is 0.510 e. The Labute approximate surface area is 687 Å². The second kappa shape index (κ2) is 42.2. The summed E-state index contributed by atoms with van der Waals surface area (Å²) in [6.07, 6.45) is -12.1. The predicted octanol–water partition coefficient (Wildman–Crippen LogP) is 9.63. The van der Waals surface area contributed by atoms with Crippen LogP contribution in [0.3, 0.4) is 0 Å². The molecule has 3 aliphatic heterocycles. The quantitative estimate of drug-likeness (QED) is 0.00616. The topological polar surface area (TPSA) is 549 Å². The summed E-state index contributed by atoms with van der Waals surface area (Å²) in [4.78, 5) is 84.3. The highest BCUT2D eigenvalue weighted by Gasteiger charge is 2.68. The van der Waals surface area contributed by atoms with Crippen LogP contribution in [-0.4, -0.2) is 265 Å². The molecule has 6 aromatic rings. The number of nitrogens with one attached hydrogen (secondary N) is 2. The molecule has 9 heterocycles. The van der Waals surface area contributed by atoms with Crippen molar-refractivity contribution in [1.29, 1.82) is 2.86 Å². The van der Waals surface area contributed by atoms with E-state index in [-0.39, 0.29) is 122 Å². The van der Waals surface area contributed by atoms with Gasteiger partial charge in [0.1, 0.15) is 19.8 Å². The molecule has 676 valence electrons. The average Bonchev–Trinajstić information content (AvgIpc) is 1.58. The van der Waals surface area contributed by atoms with Crippen molar-refractivity contribution in [1.82, 2.24) is 58.6 Å². The zero-order valence-corrected chi connectivity index (χ0v) is 69.5. The van der Waals surface area contributed by atoms with Gasteiger partial charge in [0.25, 0.3) is 5.85 Å². The van der Waals surface area contributed by atoms with E-state index in [9.17, 15) is 38.5 Å². The number of hydrogen-bond donors (Lipinski definition) is 7. The van der Waals surface area contributed by atoms with Crippen LogP contribution in [-0.2, 0) is 88.4 Å². The van der Waals surface area contributed by atoms with Crippen LogP contribution in [0.2, 0.25) is 0 Å². The maximum Gasteiger partial charge on any atom is 0.510 e. The maximum atomic E-state index is 16.9. The van der Waals surface area contributed by atoms with E-state index >= 15 is 26.3 Å². The number of aliphatic hydroxyl groups is 4. The molecule has 9 rings (SSSR count). The summed E-state index contributed by atoms with van der Waals surface area (Å²) in [5.41, 5.74) is -1.64. The molecule has 3 fully saturated rings. The number of nitrogens with two attached hydrogens (primary N) is 1. The van der Waals surface area contributed by atoms with Crippen molar-refractivity contribution >= 4 is 91.6 Å². The van der Waals surface area contributed by atoms with Crippen molar-refractivity contribution in [2.45, 2.75) is 207 Å². The highest BCUT2D eigenvalue weighted by atomic mass is 31.2. The molecule has 53 heteroatoms. The Morgan fingerprint density at radius 2 is 0.842 bits per heavy atom. The van der Waals surface area contributed by atoms with E-state index in [1.165, 1.54) is 73.2 Å². The van der Waals surface area contributed by atoms with Gasteiger partial charge in [-0.05, 0) is 124 Å². The lowest BCUT2D eigenvalue weighted by atomic mass is 9.84. The molecule has 0 spiro atoms. The molecular weight excluding hydrogens is 1670 g/mol. The predicted molar refractivity (Wildman–Crippen MR) is 398 cm³/mol. The maximum absolute atomic E-state index is 16.9. The van der Waals surface area contributed by atoms with Crippen molar-refractivity contribution < 1.29 is 171 Å². The SMILES string of the molecule is CCOc1nc(N)nc2c1ncn2C1O[C@](F)(COP(=O)(OCOC(=O)OC(C)C)OCOC(=O)OC(C)C)[C@@H](O)[C@@]1(C)F.[3H]CCNc1nc(OCC)c2ncn(C3O[C@](F)(CO)[C@@H](CCO[3H])[C@@]3(C)F)c2n1.[3H]CCNc1nc(OCC)c2ncn(C3O[C@](F)(COP(=O)(OCOC(=O)OC(C)C)OCOC(=O)OC(C)C)[C@@H](CCO[3H])[C@@]3(C)F)c2n1. The third-order valence-electron chi connectivity index (χ3n) is 16.8. The second-order valence-corrected chi connectivity index (χ2v) is 30.6. The average molecular weight is 1780 g/mol. The number of nitrogen functional groups attached to an aromatic ring is 1. The summed E-state index contributed by atoms with van der Waals surface area (Å²) in [7, 11) is -9.99. The van der Waals surface area contributed by atoms with E-state index in [2.05, 4.69) is 84.7 Å². The van der Waals surface area contributed by atoms with Gasteiger partial charge in [0.2, 0.25) is 77.2 Å². The number of anilines is 3. The van der Waals surface area contributed by atoms with Gasteiger partial charge in [-0.2, -0.15) is 29.9 Å². The van der Waals surface area contributed by atoms with Crippen molar-refractivity contribution in [2.24, 2.45) is 11.8 Å². The van der Waals surface area contributed by atoms with Crippen LogP contribution in [0.4, 0.5) is 63.4 Å². The molecule has 0 aliphatic carbocycles. The molecule has 12 atom stereocenters. The van der Waals surface area contributed by atoms with Crippen LogP contribution < -0.4 is 30.6 Å². The summed E-state index contributed by atoms with van der Waals surface area (Å²) in [5.74, 6) is -12.3. The van der Waals surface area contributed by atoms with Crippen LogP contribution >= 0.6 is 15.6 Å². The zero-order chi connectivity index (χ0) is 91.9. The minimum atomic E-state index is -5.00. The number of imidazole rings is 3. The minimum Gasteiger partial charge on any atom is -0.476 e. The molecule has 0 radical (unpaired) electrons. The van der Waals surface area contributed by atoms with Gasteiger partial charge in [-0.25, -0.2) is 87.7 Å². The molecule has 120 heavy (non-hydrogen) atoms. The van der Waals surface area contributed by atoms with Gasteiger partial charge in [0.15, 0.2) is 75.3 Å². The first-order chi connectivity index (χ1) is 58.4. The summed E-state index contributed by atoms with van der Waals surface area (Å²) in [6.45, 7) is 12.7. The Hall–Kier alpha value is -8.95. The van der Waals surface area contributed by atoms with E-state index in [1.807, 2.05) is 0 Å². The van der Waals surface area contributed by atoms with E-state index in [1.54, 1.807) is 20.8 Å². The van der Waals surface area contributed by atoms with E-state index < -0.39 is 196 Å². The highest BCUT2D eigenvalue weighted by molar-refractivity contribution is 7.48. The van der Waals surface area contributed by atoms with Crippen LogP contribution in [0, 0.1) is 11.8 Å². The fourth-order valence-electron chi connectivity index (χ4n) is 11.8. The van der Waals surface area contributed by atoms with Crippen molar-refractivity contribution in [3.8, 4) is 17.6 Å². The standard InChI is InChI=1S/C27H42F2N5O13P.C23H34F2N5O13P.C17H25F2N5O4/c1-8-30-23-32-20-19(21(33-23)39-9-2)31-13-34(20)22-26(7,28)18(10-11-35)27(29,47-22)12-42-48(38,43-14-40-24(36)45-16(3)4)44-15-41-25(37)46-17(5)6;1-7-35-16-14-15(28-19(26)29-16)30(9-27-14)18-22(6,24)17(31)23(25,43-18)8-38-44(34,39-10-36-20(32)41-12(2)3)40-11-37-21(33)42-13(4)5;1-4-20-15-22-12-11(13(23-15)27-5-2)21-9-24(12)14-16(3,18)10(6-7-25)17(19,8-26)28-14/h13,16-18,22,35H,8-12,14-15H2,1-7H3,(H,30,32,33);9,12-13,17-18,31H,7-8,10-11H2,1-6H3,(H2,26,28,29);9-10,14,25-26H,4-8H2,1-3H3,(H,20,22,23)/t18-,22?,26+,27+;17-,18?,22+,23+;10-,14?,16+,17+/m000/s1/i1T,35T;;1T,25T. The van der Waals surface area contributed by atoms with E-state index in [0.29, 0.717) is 6.61 Å². The van der Waals surface area contributed by atoms with Gasteiger partial charge >= 0.3 is 40.3 Å². The number of carbonyl (C=O) groups excluding carboxylic acids is 4. The number of aliphatic hydroxyl groups excluding tert-OH is 4. The number of halogens is 6. The normalized spacial score (nSPS) is 25.2. The van der Waals surface area contributed by atoms with Gasteiger partial charge in [-0.3, -0.25) is 22.7 Å². The van der Waals surface area contributed by atoms with E-state index in [4.69, 9.17) is 85.8 Å². The van der Waals surface area contributed by atoms with Crippen LogP contribution in [0.15, 0.2) is 19.0 Å². The number of phosphoric ester groups is 2. The molecule has 3 unspecified atom stereocenters. The van der Waals surface area contributed by atoms with Crippen LogP contribution in [0.1, 0.15) is 145 Å². The monoisotopic (exact) mass is 1780 g/mol. The fourth-order valence-corrected chi connectivity index (χ4v) is 13.6. The van der Waals surface area contributed by atoms with Gasteiger partial charge in [-0.15, -0.1) is 0 Å². The molecule has 3 saturated heterocycles. The number of ether oxygens (including phenoxy) is 14. The first kappa shape index (κ1) is 91.8. The van der Waals surface area contributed by atoms with Gasteiger partial charge < -0.3 is 103 Å². The molecule has 3 aliphatic rings. The number of phosphoric acid groups is 2. The minimum absolute atomic E-state index is 0.0113. The Morgan fingerprint density at radius 3 is 1.18 bits per heavy atom. The lowest BCUT2D eigenvalue weighted by molar-refractivity contribution is -0.205. The smallest absolute Gasteiger partial charge is 0.476 e. The molecule has 0 bridgehead atoms. The molecule has 0 saturated carbocycles. The number of nitrogens with zero attached hydrogens (tertiary/aromatic N) is 12. The van der Waals surface area contributed by atoms with Gasteiger partial charge in [-0.1, -0.05) is 0 Å². The number of aromatic nitrogens is 12. The molecule has 45 nitrogen and oxygen atoms in total. The number of carbonyl (C=O) groups is 4. The summed E-state index contributed by atoms with van der Waals surface area (Å²) >= 11 is 0. The van der Waals surface area contributed by atoms with E-state index in [0.717, 1.165) is 35.6 Å². The van der Waals surface area contributed by atoms with Gasteiger partial charge in [0.05, 0.1) is 75.1 Å². The molecular formula is C67H101F6N15O30P2. The Morgan fingerprint density at radius 1 is 0.517 bits per heavy atom. The molecule has 6 aromatic heterocycles. The number of fused-ring (bicyclic) bond motifs is 3. The zero-order valence-electron chi connectivity index (χ0n) is 71.7. The Balaban J connectivity index is 0.000000263. The van der Waals surface area contributed by atoms with Crippen molar-refractivity contribution in [3.63, 3.8) is 0 Å². The number of hydrogen-bond acceptors (Lipinski definition) is 42. The first-order valence-electron chi connectivity index (χ1n) is 39.1.